The van der Waals surface area contributed by atoms with Crippen LogP contribution in [0.2, 0.25) is 0 Å². The molecular formula is C16H27N4+. The van der Waals surface area contributed by atoms with E-state index >= 15 is 0 Å². The monoisotopic (exact) mass is 275 g/mol. The minimum Gasteiger partial charge on any atom is -0.272 e. The largest absolute Gasteiger partial charge is 0.272 e. The molecule has 0 saturated carbocycles. The lowest BCUT2D eigenvalue weighted by Gasteiger charge is -2.23. The van der Waals surface area contributed by atoms with Gasteiger partial charge in [0.15, 0.2) is 13.2 Å². The Hall–Kier alpha value is -1.58. The molecule has 2 heterocycles. The zero-order valence-corrected chi connectivity index (χ0v) is 13.8. The van der Waals surface area contributed by atoms with Crippen molar-refractivity contribution < 1.29 is 4.68 Å². The van der Waals surface area contributed by atoms with Gasteiger partial charge in [-0.3, -0.25) is 4.68 Å². The Kier molecular flexibility index (Phi) is 3.53. The molecule has 20 heavy (non-hydrogen) atoms. The fourth-order valence-corrected chi connectivity index (χ4v) is 2.63. The molecule has 2 rings (SSSR count). The normalized spacial score (nSPS) is 12.9. The van der Waals surface area contributed by atoms with Crippen molar-refractivity contribution in [1.82, 2.24) is 14.5 Å². The minimum atomic E-state index is 0.0389. The van der Waals surface area contributed by atoms with E-state index in [9.17, 15) is 0 Å². The molecule has 2 aromatic heterocycles. The molecule has 0 N–H and O–H groups in total. The quantitative estimate of drug-likeness (QED) is 0.790. The lowest BCUT2D eigenvalue weighted by Crippen LogP contribution is -2.42. The van der Waals surface area contributed by atoms with Crippen LogP contribution in [0.1, 0.15) is 45.9 Å². The first-order chi connectivity index (χ1) is 9.11. The first-order valence-electron chi connectivity index (χ1n) is 7.16. The fourth-order valence-electron chi connectivity index (χ4n) is 2.63. The predicted molar refractivity (Wildman–Crippen MR) is 80.5 cm³/mol. The van der Waals surface area contributed by atoms with Gasteiger partial charge in [-0.2, -0.15) is 9.78 Å². The van der Waals surface area contributed by atoms with E-state index in [-0.39, 0.29) is 10.8 Å². The Labute approximate surface area is 122 Å². The van der Waals surface area contributed by atoms with Crippen LogP contribution in [0.4, 0.5) is 0 Å². The standard InChI is InChI=1S/C16H27N4/c1-15(2,3)13-10-18(6)20(11-13)12-16(4,5)14-8-9-17-19(14)7/h8-11H,12H2,1-7H3/q+1. The summed E-state index contributed by atoms with van der Waals surface area (Å²) in [4.78, 5) is 0. The van der Waals surface area contributed by atoms with Crippen molar-refractivity contribution in [2.75, 3.05) is 0 Å². The summed E-state index contributed by atoms with van der Waals surface area (Å²) in [5.41, 5.74) is 2.83. The topological polar surface area (TPSA) is 26.6 Å². The van der Waals surface area contributed by atoms with Gasteiger partial charge in [-0.15, -0.1) is 4.68 Å². The number of hydrogen-bond donors (Lipinski definition) is 0. The van der Waals surface area contributed by atoms with Crippen molar-refractivity contribution in [2.45, 2.75) is 52.0 Å². The molecule has 0 aliphatic heterocycles. The highest BCUT2D eigenvalue weighted by atomic mass is 15.4. The highest BCUT2D eigenvalue weighted by Crippen LogP contribution is 2.26. The van der Waals surface area contributed by atoms with Crippen LogP contribution in [0.25, 0.3) is 0 Å². The van der Waals surface area contributed by atoms with Crippen molar-refractivity contribution >= 4 is 0 Å². The van der Waals surface area contributed by atoms with Gasteiger partial charge in [-0.1, -0.05) is 34.6 Å². The van der Waals surface area contributed by atoms with Crippen LogP contribution in [0.15, 0.2) is 24.7 Å². The molecule has 0 amide bonds. The molecule has 110 valence electrons. The summed E-state index contributed by atoms with van der Waals surface area (Å²) in [6, 6.07) is 2.11. The molecule has 0 atom stereocenters. The Morgan fingerprint density at radius 1 is 1.20 bits per heavy atom. The average Bonchev–Trinajstić information content (AvgIpc) is 2.85. The first kappa shape index (κ1) is 14.8. The van der Waals surface area contributed by atoms with Crippen LogP contribution in [-0.2, 0) is 31.5 Å². The summed E-state index contributed by atoms with van der Waals surface area (Å²) in [6.07, 6.45) is 6.35. The number of aryl methyl sites for hydroxylation is 2. The summed E-state index contributed by atoms with van der Waals surface area (Å²) >= 11 is 0. The number of aromatic nitrogens is 4. The summed E-state index contributed by atoms with van der Waals surface area (Å²) in [5.74, 6) is 0. The molecule has 0 aliphatic rings. The molecule has 0 aromatic carbocycles. The van der Waals surface area contributed by atoms with E-state index in [1.54, 1.807) is 0 Å². The van der Waals surface area contributed by atoms with Gasteiger partial charge in [0.2, 0.25) is 0 Å². The van der Waals surface area contributed by atoms with Gasteiger partial charge >= 0.3 is 0 Å². The number of hydrogen-bond acceptors (Lipinski definition) is 1. The van der Waals surface area contributed by atoms with Gasteiger partial charge in [0.05, 0.1) is 12.7 Å². The predicted octanol–water partition coefficient (Wildman–Crippen LogP) is 2.32. The van der Waals surface area contributed by atoms with E-state index in [1.165, 1.54) is 11.3 Å². The van der Waals surface area contributed by atoms with E-state index < -0.39 is 0 Å². The summed E-state index contributed by atoms with van der Waals surface area (Å²) in [5, 5.41) is 4.29. The van der Waals surface area contributed by atoms with Gasteiger partial charge in [0.25, 0.3) is 0 Å². The SMILES string of the molecule is Cn1nccc1C(C)(C)Cn1cc(C(C)(C)C)c[n+]1C. The van der Waals surface area contributed by atoms with Crippen LogP contribution < -0.4 is 4.68 Å². The van der Waals surface area contributed by atoms with E-state index in [1.807, 2.05) is 17.9 Å². The van der Waals surface area contributed by atoms with Gasteiger partial charge in [-0.05, 0) is 11.5 Å². The van der Waals surface area contributed by atoms with Crippen molar-refractivity contribution in [2.24, 2.45) is 14.1 Å². The van der Waals surface area contributed by atoms with Crippen LogP contribution in [0.3, 0.4) is 0 Å². The van der Waals surface area contributed by atoms with Crippen molar-refractivity contribution in [1.29, 1.82) is 0 Å². The van der Waals surface area contributed by atoms with Crippen LogP contribution >= 0.6 is 0 Å². The maximum atomic E-state index is 4.29. The maximum absolute atomic E-state index is 4.29. The second kappa shape index (κ2) is 4.76. The van der Waals surface area contributed by atoms with E-state index in [0.29, 0.717) is 0 Å². The van der Waals surface area contributed by atoms with Crippen LogP contribution in [-0.4, -0.2) is 14.5 Å². The molecule has 2 aromatic rings. The Bertz CT molecular complexity index is 596. The third kappa shape index (κ3) is 2.79. The molecule has 0 spiro atoms. The molecule has 0 aliphatic carbocycles. The summed E-state index contributed by atoms with van der Waals surface area (Å²) < 4.78 is 6.43. The molecule has 0 radical (unpaired) electrons. The van der Waals surface area contributed by atoms with Gasteiger partial charge in [0.1, 0.15) is 0 Å². The van der Waals surface area contributed by atoms with E-state index in [0.717, 1.165) is 6.54 Å². The third-order valence-corrected chi connectivity index (χ3v) is 3.96. The highest BCUT2D eigenvalue weighted by molar-refractivity contribution is 5.15. The molecule has 0 fully saturated rings. The van der Waals surface area contributed by atoms with Gasteiger partial charge in [-0.25, -0.2) is 0 Å². The average molecular weight is 275 g/mol. The molecule has 4 heteroatoms. The molecule has 0 saturated heterocycles. The molecule has 0 bridgehead atoms. The lowest BCUT2D eigenvalue weighted by molar-refractivity contribution is -0.754. The van der Waals surface area contributed by atoms with Crippen molar-refractivity contribution in [3.8, 4) is 0 Å². The second-order valence-electron chi connectivity index (χ2n) is 7.36. The van der Waals surface area contributed by atoms with Crippen LogP contribution in [0, 0.1) is 0 Å². The minimum absolute atomic E-state index is 0.0389. The third-order valence-electron chi connectivity index (χ3n) is 3.96. The summed E-state index contributed by atoms with van der Waals surface area (Å²) in [7, 11) is 4.11. The molecule has 4 nitrogen and oxygen atoms in total. The van der Waals surface area contributed by atoms with E-state index in [4.69, 9.17) is 0 Å². The molecular weight excluding hydrogens is 248 g/mol. The lowest BCUT2D eigenvalue weighted by atomic mass is 9.88. The fraction of sp³-hybridized carbons (Fsp3) is 0.625. The van der Waals surface area contributed by atoms with E-state index in [2.05, 4.69) is 74.6 Å². The second-order valence-corrected chi connectivity index (χ2v) is 7.36. The van der Waals surface area contributed by atoms with Gasteiger partial charge in [0, 0.05) is 29.9 Å². The number of nitrogens with zero attached hydrogens (tertiary/aromatic N) is 4. The maximum Gasteiger partial charge on any atom is 0.199 e. The Balaban J connectivity index is 2.31. The smallest absolute Gasteiger partial charge is 0.199 e. The zero-order chi connectivity index (χ0) is 15.1. The van der Waals surface area contributed by atoms with Gasteiger partial charge < -0.3 is 0 Å². The highest BCUT2D eigenvalue weighted by Gasteiger charge is 2.29. The Morgan fingerprint density at radius 2 is 1.85 bits per heavy atom. The molecule has 0 unspecified atom stereocenters. The Morgan fingerprint density at radius 3 is 2.30 bits per heavy atom. The summed E-state index contributed by atoms with van der Waals surface area (Å²) in [6.45, 7) is 12.2. The number of rotatable bonds is 3. The van der Waals surface area contributed by atoms with Crippen LogP contribution in [0.5, 0.6) is 0 Å². The van der Waals surface area contributed by atoms with Crippen molar-refractivity contribution in [3.05, 3.63) is 35.9 Å². The zero-order valence-electron chi connectivity index (χ0n) is 13.8. The van der Waals surface area contributed by atoms with Crippen molar-refractivity contribution in [3.63, 3.8) is 0 Å². The first-order valence-corrected chi connectivity index (χ1v) is 7.16.